The van der Waals surface area contributed by atoms with E-state index in [1.807, 2.05) is 50.2 Å². The van der Waals surface area contributed by atoms with Gasteiger partial charge in [0.15, 0.2) is 0 Å². The van der Waals surface area contributed by atoms with E-state index in [9.17, 15) is 24.3 Å². The van der Waals surface area contributed by atoms with Crippen molar-refractivity contribution in [2.45, 2.75) is 97.1 Å². The molecule has 0 radical (unpaired) electrons. The van der Waals surface area contributed by atoms with Crippen LogP contribution in [-0.4, -0.2) is 107 Å². The van der Waals surface area contributed by atoms with Gasteiger partial charge in [-0.25, -0.2) is 14.6 Å². The third-order valence-corrected chi connectivity index (χ3v) is 8.73. The van der Waals surface area contributed by atoms with E-state index in [2.05, 4.69) is 15.6 Å². The number of carboxylic acid groups (broad SMARTS) is 1. The van der Waals surface area contributed by atoms with Crippen LogP contribution in [0.1, 0.15) is 67.7 Å². The highest BCUT2D eigenvalue weighted by molar-refractivity contribution is 5.96. The Morgan fingerprint density at radius 1 is 1.12 bits per heavy atom. The minimum atomic E-state index is -1.37. The van der Waals surface area contributed by atoms with E-state index >= 15 is 0 Å². The summed E-state index contributed by atoms with van der Waals surface area (Å²) in [6, 6.07) is 5.36. The van der Waals surface area contributed by atoms with Gasteiger partial charge in [0.05, 0.1) is 6.54 Å². The van der Waals surface area contributed by atoms with Gasteiger partial charge in [-0.3, -0.25) is 9.59 Å². The van der Waals surface area contributed by atoms with Crippen LogP contribution in [0.4, 0.5) is 4.79 Å². The fourth-order valence-corrected chi connectivity index (χ4v) is 6.02. The predicted octanol–water partition coefficient (Wildman–Crippen LogP) is 3.83. The average molecular weight is 670 g/mol. The van der Waals surface area contributed by atoms with Gasteiger partial charge in [0.2, 0.25) is 17.7 Å². The van der Waals surface area contributed by atoms with Gasteiger partial charge in [-0.2, -0.15) is 0 Å². The number of rotatable bonds is 12. The van der Waals surface area contributed by atoms with E-state index in [0.29, 0.717) is 31.1 Å². The molecule has 1 saturated carbocycles. The summed E-state index contributed by atoms with van der Waals surface area (Å²) < 4.78 is 17.7. The second-order valence-corrected chi connectivity index (χ2v) is 15.2. The van der Waals surface area contributed by atoms with Gasteiger partial charge in [-0.15, -0.1) is 0 Å². The molecule has 5 atom stereocenters. The van der Waals surface area contributed by atoms with E-state index in [0.717, 1.165) is 17.3 Å². The van der Waals surface area contributed by atoms with Crippen molar-refractivity contribution in [3.8, 4) is 11.6 Å². The van der Waals surface area contributed by atoms with Gasteiger partial charge in [0, 0.05) is 24.5 Å². The molecule has 3 N–H and O–H groups in total. The number of alkyl carbamates (subject to hydrolysis) is 1. The zero-order chi connectivity index (χ0) is 35.6. The standard InChI is InChI=1S/C35H51N5O8/c1-10-22-19-35(22,31(43)44)38-28(41)26-18-24(20-40(26)30(42)27(33(2,3)4)37-32(45)48-34(5,6)7)47-29-25-12-11-23(46-16-15-39(8)9)17-21(25)13-14-36-29/h11-14,17,22,24,26-27H,10,15-16,18-20H2,1-9H3,(H,37,45)(H,38,41)(H,43,44)/t22-,24-,26+,27-,35-/m1/s1. The molecule has 2 aromatic rings. The minimum absolute atomic E-state index is 0.0145. The number of nitrogens with zero attached hydrogens (tertiary/aromatic N) is 3. The lowest BCUT2D eigenvalue weighted by Crippen LogP contribution is -2.59. The molecule has 0 bridgehead atoms. The Kier molecular flexibility index (Phi) is 10.8. The molecule has 1 aromatic heterocycles. The molecule has 48 heavy (non-hydrogen) atoms. The summed E-state index contributed by atoms with van der Waals surface area (Å²) in [5.41, 5.74) is -2.93. The van der Waals surface area contributed by atoms with Crippen LogP contribution in [0, 0.1) is 11.3 Å². The van der Waals surface area contributed by atoms with Gasteiger partial charge in [-0.05, 0) is 82.3 Å². The highest BCUT2D eigenvalue weighted by Gasteiger charge is 2.61. The molecule has 1 aliphatic heterocycles. The maximum Gasteiger partial charge on any atom is 0.408 e. The molecule has 4 rings (SSSR count). The number of aromatic nitrogens is 1. The summed E-state index contributed by atoms with van der Waals surface area (Å²) in [5.74, 6) is -1.35. The minimum Gasteiger partial charge on any atom is -0.492 e. The van der Waals surface area contributed by atoms with Gasteiger partial charge < -0.3 is 39.8 Å². The van der Waals surface area contributed by atoms with Crippen molar-refractivity contribution in [3.05, 3.63) is 30.5 Å². The molecule has 0 unspecified atom stereocenters. The molecule has 13 heteroatoms. The first-order valence-electron chi connectivity index (χ1n) is 16.5. The van der Waals surface area contributed by atoms with Gasteiger partial charge in [0.1, 0.15) is 41.7 Å². The largest absolute Gasteiger partial charge is 0.492 e. The van der Waals surface area contributed by atoms with Crippen molar-refractivity contribution in [2.75, 3.05) is 33.8 Å². The number of benzene rings is 1. The molecule has 0 spiro atoms. The maximum absolute atomic E-state index is 14.3. The van der Waals surface area contributed by atoms with Crippen molar-refractivity contribution >= 4 is 34.6 Å². The topological polar surface area (TPSA) is 160 Å². The predicted molar refractivity (Wildman–Crippen MR) is 180 cm³/mol. The molecule has 2 aliphatic rings. The number of pyridine rings is 1. The van der Waals surface area contributed by atoms with Crippen LogP contribution in [0.5, 0.6) is 11.6 Å². The second kappa shape index (κ2) is 14.2. The van der Waals surface area contributed by atoms with Gasteiger partial charge in [0.25, 0.3) is 0 Å². The van der Waals surface area contributed by atoms with Crippen LogP contribution in [0.3, 0.4) is 0 Å². The number of likely N-dealkylation sites (N-methyl/N-ethyl adjacent to an activating group) is 1. The first-order chi connectivity index (χ1) is 22.3. The molecule has 1 aromatic carbocycles. The lowest BCUT2D eigenvalue weighted by Gasteiger charge is -2.35. The Bertz CT molecular complexity index is 1520. The van der Waals surface area contributed by atoms with Crippen LogP contribution in [0.2, 0.25) is 0 Å². The third kappa shape index (κ3) is 8.66. The van der Waals surface area contributed by atoms with Crippen LogP contribution in [0.25, 0.3) is 10.8 Å². The maximum atomic E-state index is 14.3. The number of aliphatic carboxylic acids is 1. The van der Waals surface area contributed by atoms with Crippen LogP contribution in [0.15, 0.2) is 30.5 Å². The zero-order valence-electron chi connectivity index (χ0n) is 29.6. The second-order valence-electron chi connectivity index (χ2n) is 15.2. The van der Waals surface area contributed by atoms with Crippen LogP contribution < -0.4 is 20.1 Å². The van der Waals surface area contributed by atoms with Gasteiger partial charge >= 0.3 is 12.1 Å². The first kappa shape index (κ1) is 36.7. The number of ether oxygens (including phenoxy) is 3. The zero-order valence-corrected chi connectivity index (χ0v) is 29.6. The monoisotopic (exact) mass is 669 g/mol. The number of fused-ring (bicyclic) bond motifs is 1. The fourth-order valence-electron chi connectivity index (χ4n) is 6.02. The first-order valence-corrected chi connectivity index (χ1v) is 16.5. The van der Waals surface area contributed by atoms with Crippen LogP contribution >= 0.6 is 0 Å². The molecule has 1 aliphatic carbocycles. The normalized spacial score (nSPS) is 23.0. The number of hydrogen-bond acceptors (Lipinski definition) is 9. The van der Waals surface area contributed by atoms with Crippen molar-refractivity contribution in [1.82, 2.24) is 25.4 Å². The summed E-state index contributed by atoms with van der Waals surface area (Å²) in [7, 11) is 3.95. The van der Waals surface area contributed by atoms with Gasteiger partial charge in [-0.1, -0.05) is 34.1 Å². The molecule has 264 valence electrons. The Hall–Kier alpha value is -4.13. The molecule has 1 saturated heterocycles. The van der Waals surface area contributed by atoms with Crippen molar-refractivity contribution in [3.63, 3.8) is 0 Å². The number of likely N-dealkylation sites (tertiary alicyclic amines) is 1. The highest BCUT2D eigenvalue weighted by Crippen LogP contribution is 2.46. The Labute approximate surface area is 282 Å². The lowest BCUT2D eigenvalue weighted by molar-refractivity contribution is -0.146. The summed E-state index contributed by atoms with van der Waals surface area (Å²) in [4.78, 5) is 61.1. The smallest absolute Gasteiger partial charge is 0.408 e. The molecular weight excluding hydrogens is 618 g/mol. The molecule has 13 nitrogen and oxygen atoms in total. The van der Waals surface area contributed by atoms with Crippen LogP contribution in [-0.2, 0) is 19.1 Å². The molecular formula is C35H51N5O8. The van der Waals surface area contributed by atoms with E-state index in [-0.39, 0.29) is 18.9 Å². The van der Waals surface area contributed by atoms with Crippen molar-refractivity contribution in [2.24, 2.45) is 11.3 Å². The fraction of sp³-hybridized carbons (Fsp3) is 0.629. The highest BCUT2D eigenvalue weighted by atomic mass is 16.6. The Morgan fingerprint density at radius 2 is 1.83 bits per heavy atom. The van der Waals surface area contributed by atoms with E-state index in [1.54, 1.807) is 47.7 Å². The van der Waals surface area contributed by atoms with E-state index in [1.165, 1.54) is 4.90 Å². The van der Waals surface area contributed by atoms with Crippen molar-refractivity contribution < 1.29 is 38.5 Å². The van der Waals surface area contributed by atoms with E-state index in [4.69, 9.17) is 14.2 Å². The number of carbonyl (C=O) groups excluding carboxylic acids is 3. The summed E-state index contributed by atoms with van der Waals surface area (Å²) in [6.07, 6.45) is 1.21. The number of carboxylic acids is 1. The summed E-state index contributed by atoms with van der Waals surface area (Å²) in [6.45, 7) is 13.8. The average Bonchev–Trinajstić information content (AvgIpc) is 3.53. The quantitative estimate of drug-likeness (QED) is 0.303. The molecule has 2 fully saturated rings. The number of hydrogen-bond donors (Lipinski definition) is 3. The molecule has 2 heterocycles. The SMILES string of the molecule is CC[C@@H]1C[C@]1(NC(=O)[C@@H]1C[C@@H](Oc2nccc3cc(OCCN(C)C)ccc23)CN1C(=O)[C@@H](NC(=O)OC(C)(C)C)C(C)(C)C)C(=O)O. The Morgan fingerprint density at radius 3 is 2.42 bits per heavy atom. The molecule has 3 amide bonds. The number of carbonyl (C=O) groups is 4. The summed E-state index contributed by atoms with van der Waals surface area (Å²) >= 11 is 0. The number of amides is 3. The third-order valence-electron chi connectivity index (χ3n) is 8.73. The lowest BCUT2D eigenvalue weighted by atomic mass is 9.85. The Balaban J connectivity index is 1.61. The number of nitrogens with one attached hydrogen (secondary N) is 2. The van der Waals surface area contributed by atoms with Crippen molar-refractivity contribution in [1.29, 1.82) is 0 Å². The van der Waals surface area contributed by atoms with E-state index < -0.39 is 58.6 Å². The summed E-state index contributed by atoms with van der Waals surface area (Å²) in [5, 5.41) is 17.0.